The molecule has 0 bridgehead atoms. The predicted molar refractivity (Wildman–Crippen MR) is 70.4 cm³/mol. The van der Waals surface area contributed by atoms with Gasteiger partial charge in [-0.2, -0.15) is 0 Å². The van der Waals surface area contributed by atoms with Crippen LogP contribution in [-0.2, 0) is 6.42 Å². The van der Waals surface area contributed by atoms with E-state index in [0.29, 0.717) is 12.1 Å². The molecular formula is C14H22N2O2. The van der Waals surface area contributed by atoms with E-state index < -0.39 is 0 Å². The highest BCUT2D eigenvalue weighted by molar-refractivity contribution is 5.95. The van der Waals surface area contributed by atoms with Crippen molar-refractivity contribution in [3.8, 4) is 0 Å². The van der Waals surface area contributed by atoms with Crippen molar-refractivity contribution >= 4 is 5.91 Å². The third-order valence-corrected chi connectivity index (χ3v) is 3.83. The van der Waals surface area contributed by atoms with Gasteiger partial charge in [-0.3, -0.25) is 4.79 Å². The molecule has 18 heavy (non-hydrogen) atoms. The molecule has 2 N–H and O–H groups in total. The Kier molecular flexibility index (Phi) is 4.07. The molecule has 0 saturated carbocycles. The average Bonchev–Trinajstić information content (AvgIpc) is 2.85. The number of aryl methyl sites for hydroxylation is 1. The fourth-order valence-corrected chi connectivity index (χ4v) is 2.83. The summed E-state index contributed by atoms with van der Waals surface area (Å²) in [6.45, 7) is 4.64. The maximum Gasteiger partial charge on any atom is 0.257 e. The second kappa shape index (κ2) is 5.57. The summed E-state index contributed by atoms with van der Waals surface area (Å²) in [5, 5.41) is 0. The topological polar surface area (TPSA) is 59.5 Å². The van der Waals surface area contributed by atoms with Gasteiger partial charge in [0.1, 0.15) is 5.76 Å². The molecule has 100 valence electrons. The molecule has 4 nitrogen and oxygen atoms in total. The van der Waals surface area contributed by atoms with Crippen molar-refractivity contribution in [1.29, 1.82) is 0 Å². The maximum atomic E-state index is 12.6. The summed E-state index contributed by atoms with van der Waals surface area (Å²) in [5.41, 5.74) is 6.50. The number of piperidine rings is 1. The molecule has 1 aliphatic heterocycles. The molecule has 1 aliphatic rings. The molecule has 2 rings (SSSR count). The van der Waals surface area contributed by atoms with Gasteiger partial charge >= 0.3 is 0 Å². The molecule has 0 radical (unpaired) electrons. The summed E-state index contributed by atoms with van der Waals surface area (Å²) in [4.78, 5) is 14.6. The lowest BCUT2D eigenvalue weighted by Crippen LogP contribution is -2.51. The summed E-state index contributed by atoms with van der Waals surface area (Å²) >= 11 is 0. The van der Waals surface area contributed by atoms with E-state index in [0.717, 1.165) is 31.4 Å². The number of amides is 1. The number of hydrogen-bond donors (Lipinski definition) is 1. The number of nitrogens with two attached hydrogens (primary N) is 1. The minimum atomic E-state index is 0.0725. The molecule has 2 atom stereocenters. The molecule has 2 unspecified atom stereocenters. The number of hydrogen-bond acceptors (Lipinski definition) is 3. The van der Waals surface area contributed by atoms with E-state index in [1.165, 1.54) is 0 Å². The van der Waals surface area contributed by atoms with Crippen LogP contribution >= 0.6 is 0 Å². The Labute approximate surface area is 108 Å². The van der Waals surface area contributed by atoms with Crippen LogP contribution in [-0.4, -0.2) is 29.4 Å². The fourth-order valence-electron chi connectivity index (χ4n) is 2.83. The quantitative estimate of drug-likeness (QED) is 0.894. The number of likely N-dealkylation sites (tertiary alicyclic amines) is 1. The van der Waals surface area contributed by atoms with E-state index in [2.05, 4.69) is 6.92 Å². The third kappa shape index (κ3) is 2.29. The largest absolute Gasteiger partial charge is 0.469 e. The summed E-state index contributed by atoms with van der Waals surface area (Å²) in [7, 11) is 0. The molecule has 0 aromatic carbocycles. The van der Waals surface area contributed by atoms with Crippen LogP contribution in [0.4, 0.5) is 0 Å². The number of rotatable bonds is 3. The molecule has 1 aromatic rings. The third-order valence-electron chi connectivity index (χ3n) is 3.83. The lowest BCUT2D eigenvalue weighted by Gasteiger charge is -2.40. The minimum Gasteiger partial charge on any atom is -0.469 e. The van der Waals surface area contributed by atoms with Gasteiger partial charge in [-0.1, -0.05) is 6.92 Å². The first-order valence-electron chi connectivity index (χ1n) is 6.78. The zero-order chi connectivity index (χ0) is 13.1. The minimum absolute atomic E-state index is 0.0725. The van der Waals surface area contributed by atoms with Gasteiger partial charge in [0.2, 0.25) is 0 Å². The van der Waals surface area contributed by atoms with E-state index in [1.807, 2.05) is 11.8 Å². The molecule has 1 amide bonds. The van der Waals surface area contributed by atoms with Crippen molar-refractivity contribution in [2.75, 3.05) is 6.54 Å². The Morgan fingerprint density at radius 3 is 3.00 bits per heavy atom. The number of nitrogens with zero attached hydrogens (tertiary/aromatic N) is 1. The first kappa shape index (κ1) is 13.1. The molecule has 0 spiro atoms. The van der Waals surface area contributed by atoms with Crippen LogP contribution in [0, 0.1) is 0 Å². The Bertz CT molecular complexity index is 414. The molecule has 1 fully saturated rings. The summed E-state index contributed by atoms with van der Waals surface area (Å²) in [6, 6.07) is 2.20. The van der Waals surface area contributed by atoms with Gasteiger partial charge in [-0.15, -0.1) is 0 Å². The number of furan rings is 1. The SMILES string of the molecule is CCc1occc1C(=O)N1C(C)CCCC1CN. The van der Waals surface area contributed by atoms with Gasteiger partial charge in [0.25, 0.3) is 5.91 Å². The fraction of sp³-hybridized carbons (Fsp3) is 0.643. The van der Waals surface area contributed by atoms with E-state index in [1.54, 1.807) is 12.3 Å². The van der Waals surface area contributed by atoms with Crippen LogP contribution in [0.3, 0.4) is 0 Å². The molecule has 2 heterocycles. The predicted octanol–water partition coefficient (Wildman–Crippen LogP) is 2.18. The Hall–Kier alpha value is -1.29. The van der Waals surface area contributed by atoms with E-state index in [9.17, 15) is 4.79 Å². The highest BCUT2D eigenvalue weighted by Gasteiger charge is 2.32. The van der Waals surface area contributed by atoms with E-state index >= 15 is 0 Å². The highest BCUT2D eigenvalue weighted by Crippen LogP contribution is 2.25. The summed E-state index contributed by atoms with van der Waals surface area (Å²) in [5.74, 6) is 0.844. The number of carbonyl (C=O) groups excluding carboxylic acids is 1. The Balaban J connectivity index is 2.25. The summed E-state index contributed by atoms with van der Waals surface area (Å²) < 4.78 is 5.35. The first-order chi connectivity index (χ1) is 8.69. The van der Waals surface area contributed by atoms with Gasteiger partial charge in [0.05, 0.1) is 11.8 Å². The molecule has 4 heteroatoms. The van der Waals surface area contributed by atoms with E-state index in [-0.39, 0.29) is 18.0 Å². The van der Waals surface area contributed by atoms with Crippen molar-refractivity contribution < 1.29 is 9.21 Å². The van der Waals surface area contributed by atoms with Crippen molar-refractivity contribution in [2.45, 2.75) is 51.6 Å². The average molecular weight is 250 g/mol. The van der Waals surface area contributed by atoms with Crippen LogP contribution in [0.15, 0.2) is 16.7 Å². The highest BCUT2D eigenvalue weighted by atomic mass is 16.3. The zero-order valence-electron chi connectivity index (χ0n) is 11.2. The van der Waals surface area contributed by atoms with Gasteiger partial charge < -0.3 is 15.1 Å². The van der Waals surface area contributed by atoms with Crippen LogP contribution in [0.2, 0.25) is 0 Å². The smallest absolute Gasteiger partial charge is 0.257 e. The van der Waals surface area contributed by atoms with Crippen LogP contribution in [0.5, 0.6) is 0 Å². The van der Waals surface area contributed by atoms with Gasteiger partial charge in [0.15, 0.2) is 0 Å². The molecule has 1 aromatic heterocycles. The van der Waals surface area contributed by atoms with Crippen molar-refractivity contribution in [3.05, 3.63) is 23.7 Å². The van der Waals surface area contributed by atoms with Gasteiger partial charge in [0, 0.05) is 25.0 Å². The van der Waals surface area contributed by atoms with Gasteiger partial charge in [-0.25, -0.2) is 0 Å². The number of carbonyl (C=O) groups is 1. The van der Waals surface area contributed by atoms with Crippen LogP contribution in [0.1, 0.15) is 49.2 Å². The van der Waals surface area contributed by atoms with Crippen LogP contribution in [0.25, 0.3) is 0 Å². The normalized spacial score (nSPS) is 24.3. The Morgan fingerprint density at radius 2 is 2.33 bits per heavy atom. The lowest BCUT2D eigenvalue weighted by atomic mass is 9.95. The van der Waals surface area contributed by atoms with Crippen molar-refractivity contribution in [2.24, 2.45) is 5.73 Å². The lowest BCUT2D eigenvalue weighted by molar-refractivity contribution is 0.0492. The Morgan fingerprint density at radius 1 is 1.56 bits per heavy atom. The monoisotopic (exact) mass is 250 g/mol. The second-order valence-electron chi connectivity index (χ2n) is 4.99. The van der Waals surface area contributed by atoms with Gasteiger partial charge in [-0.05, 0) is 32.3 Å². The molecular weight excluding hydrogens is 228 g/mol. The standard InChI is InChI=1S/C14H22N2O2/c1-3-13-12(7-8-18-13)14(17)16-10(2)5-4-6-11(16)9-15/h7-8,10-11H,3-6,9,15H2,1-2H3. The summed E-state index contributed by atoms with van der Waals surface area (Å²) in [6.07, 6.45) is 5.55. The first-order valence-corrected chi connectivity index (χ1v) is 6.78. The van der Waals surface area contributed by atoms with Crippen LogP contribution < -0.4 is 5.73 Å². The van der Waals surface area contributed by atoms with Crippen molar-refractivity contribution in [3.63, 3.8) is 0 Å². The molecule has 1 saturated heterocycles. The van der Waals surface area contributed by atoms with E-state index in [4.69, 9.17) is 10.2 Å². The second-order valence-corrected chi connectivity index (χ2v) is 4.99. The zero-order valence-corrected chi connectivity index (χ0v) is 11.2. The molecule has 0 aliphatic carbocycles. The van der Waals surface area contributed by atoms with Crippen molar-refractivity contribution in [1.82, 2.24) is 4.90 Å². The maximum absolute atomic E-state index is 12.6.